The third-order valence-corrected chi connectivity index (χ3v) is 7.31. The van der Waals surface area contributed by atoms with E-state index in [0.29, 0.717) is 0 Å². The van der Waals surface area contributed by atoms with Crippen LogP contribution in [0.2, 0.25) is 0 Å². The summed E-state index contributed by atoms with van der Waals surface area (Å²) in [6, 6.07) is 17.3. The summed E-state index contributed by atoms with van der Waals surface area (Å²) in [4.78, 5) is 0. The summed E-state index contributed by atoms with van der Waals surface area (Å²) in [6.07, 6.45) is 14.4. The van der Waals surface area contributed by atoms with E-state index >= 15 is 0 Å². The van der Waals surface area contributed by atoms with Crippen LogP contribution in [0.3, 0.4) is 0 Å². The number of hydrogen-bond donors (Lipinski definition) is 0. The molecule has 1 saturated carbocycles. The van der Waals surface area contributed by atoms with Gasteiger partial charge in [0.2, 0.25) is 0 Å². The average molecular weight is 355 g/mol. The molecule has 0 N–H and O–H groups in total. The highest BCUT2D eigenvalue weighted by Gasteiger charge is 2.42. The van der Waals surface area contributed by atoms with Crippen molar-refractivity contribution < 1.29 is 0 Å². The van der Waals surface area contributed by atoms with E-state index in [1.807, 2.05) is 5.57 Å². The van der Waals surface area contributed by atoms with E-state index in [4.69, 9.17) is 0 Å². The lowest BCUT2D eigenvalue weighted by Gasteiger charge is -2.19. The summed E-state index contributed by atoms with van der Waals surface area (Å²) in [5, 5.41) is 0. The molecule has 4 aliphatic carbocycles. The lowest BCUT2D eigenvalue weighted by atomic mass is 9.85. The monoisotopic (exact) mass is 354 g/mol. The van der Waals surface area contributed by atoms with Crippen LogP contribution in [0.5, 0.6) is 0 Å². The molecule has 0 nitrogen and oxygen atoms in total. The topological polar surface area (TPSA) is 0 Å². The van der Waals surface area contributed by atoms with E-state index in [2.05, 4.69) is 67.6 Å². The molecule has 0 heteroatoms. The zero-order valence-electron chi connectivity index (χ0n) is 16.5. The molecule has 0 aliphatic heterocycles. The van der Waals surface area contributed by atoms with Gasteiger partial charge < -0.3 is 0 Å². The molecule has 4 aliphatic rings. The molecule has 0 spiro atoms. The van der Waals surface area contributed by atoms with Crippen LogP contribution in [-0.2, 0) is 6.42 Å². The minimum absolute atomic E-state index is 0.997. The van der Waals surface area contributed by atoms with E-state index in [-0.39, 0.29) is 0 Å². The minimum Gasteiger partial charge on any atom is -0.0802 e. The van der Waals surface area contributed by atoms with Crippen molar-refractivity contribution >= 4 is 0 Å². The third-order valence-electron chi connectivity index (χ3n) is 7.31. The smallest absolute Gasteiger partial charge is 0.00135 e. The van der Waals surface area contributed by atoms with Gasteiger partial charge >= 0.3 is 0 Å². The Hall–Kier alpha value is -2.08. The first-order chi connectivity index (χ1) is 13.3. The molecule has 6 rings (SSSR count). The molecular weight excluding hydrogens is 324 g/mol. The van der Waals surface area contributed by atoms with E-state index in [1.165, 1.54) is 60.8 Å². The van der Waals surface area contributed by atoms with E-state index in [1.54, 1.807) is 5.57 Å². The van der Waals surface area contributed by atoms with Gasteiger partial charge in [-0.05, 0) is 77.7 Å². The van der Waals surface area contributed by atoms with Gasteiger partial charge in [0.1, 0.15) is 0 Å². The van der Waals surface area contributed by atoms with Crippen LogP contribution in [0.25, 0.3) is 11.1 Å². The number of allylic oxidation sites excluding steroid dienone is 4. The predicted molar refractivity (Wildman–Crippen MR) is 115 cm³/mol. The van der Waals surface area contributed by atoms with Gasteiger partial charge in [-0.3, -0.25) is 0 Å². The third kappa shape index (κ3) is 3.00. The molecule has 2 aromatic rings. The van der Waals surface area contributed by atoms with Crippen LogP contribution in [-0.4, -0.2) is 0 Å². The number of hydrogen-bond acceptors (Lipinski definition) is 0. The van der Waals surface area contributed by atoms with Crippen molar-refractivity contribution in [3.8, 4) is 11.1 Å². The molecule has 0 bridgehead atoms. The second kappa shape index (κ2) is 7.15. The number of rotatable bonds is 2. The second-order valence-electron chi connectivity index (χ2n) is 8.75. The normalized spacial score (nSPS) is 26.3. The van der Waals surface area contributed by atoms with E-state index < -0.39 is 0 Å². The molecule has 0 radical (unpaired) electrons. The van der Waals surface area contributed by atoms with Gasteiger partial charge in [-0.15, -0.1) is 0 Å². The van der Waals surface area contributed by atoms with Gasteiger partial charge in [0.25, 0.3) is 0 Å². The van der Waals surface area contributed by atoms with Crippen LogP contribution in [0, 0.1) is 17.8 Å². The zero-order valence-corrected chi connectivity index (χ0v) is 16.5. The summed E-state index contributed by atoms with van der Waals surface area (Å²) < 4.78 is 0. The van der Waals surface area contributed by atoms with Gasteiger partial charge in [0.15, 0.2) is 0 Å². The van der Waals surface area contributed by atoms with Crippen molar-refractivity contribution in [2.24, 2.45) is 17.8 Å². The highest BCUT2D eigenvalue weighted by molar-refractivity contribution is 5.76. The largest absolute Gasteiger partial charge is 0.0802 e. The Kier molecular flexibility index (Phi) is 4.52. The van der Waals surface area contributed by atoms with E-state index in [9.17, 15) is 0 Å². The zero-order chi connectivity index (χ0) is 18.2. The molecule has 3 unspecified atom stereocenters. The van der Waals surface area contributed by atoms with Gasteiger partial charge in [0, 0.05) is 0 Å². The van der Waals surface area contributed by atoms with Crippen molar-refractivity contribution in [2.75, 3.05) is 0 Å². The maximum Gasteiger partial charge on any atom is -0.00135 e. The fraction of sp³-hybridized carbons (Fsp3) is 0.407. The van der Waals surface area contributed by atoms with Crippen LogP contribution in [0.15, 0.2) is 71.8 Å². The van der Waals surface area contributed by atoms with Crippen molar-refractivity contribution in [3.05, 3.63) is 83.0 Å². The fourth-order valence-electron chi connectivity index (χ4n) is 6.11. The quantitative estimate of drug-likeness (QED) is 0.451. The number of benzene rings is 2. The molecule has 138 valence electrons. The first kappa shape index (κ1) is 17.0. The Balaban J connectivity index is 0.000000119. The molecule has 0 heterocycles. The highest BCUT2D eigenvalue weighted by Crippen LogP contribution is 2.54. The minimum atomic E-state index is 0.997. The summed E-state index contributed by atoms with van der Waals surface area (Å²) in [5.41, 5.74) is 9.30. The van der Waals surface area contributed by atoms with Crippen molar-refractivity contribution in [3.63, 3.8) is 0 Å². The summed E-state index contributed by atoms with van der Waals surface area (Å²) in [7, 11) is 0. The Morgan fingerprint density at radius 2 is 1.59 bits per heavy atom. The maximum absolute atomic E-state index is 2.40. The van der Waals surface area contributed by atoms with Crippen molar-refractivity contribution in [1.82, 2.24) is 0 Å². The Labute approximate surface area is 164 Å². The van der Waals surface area contributed by atoms with Crippen molar-refractivity contribution in [2.45, 2.75) is 51.9 Å². The molecule has 3 atom stereocenters. The lowest BCUT2D eigenvalue weighted by molar-refractivity contribution is 0.337. The molecule has 0 amide bonds. The Bertz CT molecular complexity index is 854. The van der Waals surface area contributed by atoms with Gasteiger partial charge in [-0.1, -0.05) is 86.0 Å². The van der Waals surface area contributed by atoms with E-state index in [0.717, 1.165) is 24.2 Å². The van der Waals surface area contributed by atoms with Crippen molar-refractivity contribution in [1.29, 1.82) is 0 Å². The van der Waals surface area contributed by atoms with Gasteiger partial charge in [-0.2, -0.15) is 0 Å². The SMILES string of the molecule is CCCC1CCC2C3=C(C=CC3)CC12.c1ccc2c(c1)Cc1ccccc1-2. The molecule has 0 saturated heterocycles. The van der Waals surface area contributed by atoms with Crippen LogP contribution >= 0.6 is 0 Å². The molecule has 1 fully saturated rings. The maximum atomic E-state index is 2.40. The first-order valence-electron chi connectivity index (χ1n) is 10.9. The Morgan fingerprint density at radius 3 is 2.30 bits per heavy atom. The van der Waals surface area contributed by atoms with Crippen LogP contribution in [0.1, 0.15) is 56.6 Å². The predicted octanol–water partition coefficient (Wildman–Crippen LogP) is 7.35. The average Bonchev–Trinajstić information content (AvgIpc) is 3.43. The van der Waals surface area contributed by atoms with Gasteiger partial charge in [-0.25, -0.2) is 0 Å². The summed E-state index contributed by atoms with van der Waals surface area (Å²) in [6.45, 7) is 2.34. The fourth-order valence-corrected chi connectivity index (χ4v) is 6.11. The highest BCUT2D eigenvalue weighted by atomic mass is 14.5. The molecule has 2 aromatic carbocycles. The van der Waals surface area contributed by atoms with Crippen LogP contribution < -0.4 is 0 Å². The summed E-state index contributed by atoms with van der Waals surface area (Å²) in [5.74, 6) is 3.10. The standard InChI is InChI=1S/C14H20.C13H10/c1-2-4-10-7-8-13-12-6-3-5-11(12)9-14(10)13;1-3-7-12-10(5-1)9-11-6-2-4-8-13(11)12/h3,5,10,13-14H,2,4,6-9H2,1H3;1-8H,9H2. The molecule has 0 aromatic heterocycles. The Morgan fingerprint density at radius 1 is 0.889 bits per heavy atom. The van der Waals surface area contributed by atoms with Crippen LogP contribution in [0.4, 0.5) is 0 Å². The molecular formula is C27H30. The first-order valence-corrected chi connectivity index (χ1v) is 10.9. The molecule has 27 heavy (non-hydrogen) atoms. The lowest BCUT2D eigenvalue weighted by Crippen LogP contribution is -2.11. The number of fused-ring (bicyclic) bond motifs is 5. The summed E-state index contributed by atoms with van der Waals surface area (Å²) >= 11 is 0. The second-order valence-corrected chi connectivity index (χ2v) is 8.75. The van der Waals surface area contributed by atoms with Gasteiger partial charge in [0.05, 0.1) is 0 Å².